The first-order chi connectivity index (χ1) is 12.5. The van der Waals surface area contributed by atoms with E-state index in [1.54, 1.807) is 25.1 Å². The molecule has 0 saturated carbocycles. The maximum Gasteiger partial charge on any atom is 0.270 e. The number of carbonyl (C=O) groups excluding carboxylic acids is 1. The van der Waals surface area contributed by atoms with E-state index in [1.807, 2.05) is 31.2 Å². The van der Waals surface area contributed by atoms with E-state index in [-0.39, 0.29) is 23.4 Å². The molecule has 1 amide bonds. The van der Waals surface area contributed by atoms with Gasteiger partial charge in [0.1, 0.15) is 11.5 Å². The molecule has 1 heterocycles. The molecule has 3 rings (SSSR count). The highest BCUT2D eigenvalue weighted by Crippen LogP contribution is 2.14. The number of hydrogen-bond acceptors (Lipinski definition) is 4. The molecule has 0 spiro atoms. The van der Waals surface area contributed by atoms with Crippen molar-refractivity contribution in [2.45, 2.75) is 20.4 Å². The van der Waals surface area contributed by atoms with Crippen LogP contribution in [0.15, 0.2) is 54.6 Å². The Kier molecular flexibility index (Phi) is 5.22. The number of aryl methyl sites for hydroxylation is 2. The number of rotatable bonds is 5. The largest absolute Gasteiger partial charge is 0.347 e. The molecule has 26 heavy (non-hydrogen) atoms. The van der Waals surface area contributed by atoms with E-state index in [1.165, 1.54) is 17.7 Å². The van der Waals surface area contributed by atoms with E-state index >= 15 is 0 Å². The number of benzene rings is 2. The van der Waals surface area contributed by atoms with Crippen LogP contribution >= 0.6 is 0 Å². The molecule has 132 valence electrons. The van der Waals surface area contributed by atoms with E-state index in [0.29, 0.717) is 17.9 Å². The Labute approximate surface area is 151 Å². The van der Waals surface area contributed by atoms with Crippen LogP contribution in [0.1, 0.15) is 27.3 Å². The fraction of sp³-hybridized carbons (Fsp3) is 0.150. The Morgan fingerprint density at radius 3 is 2.38 bits per heavy atom. The van der Waals surface area contributed by atoms with Crippen molar-refractivity contribution < 1.29 is 9.18 Å². The second kappa shape index (κ2) is 7.74. The molecule has 2 N–H and O–H groups in total. The minimum atomic E-state index is -0.322. The zero-order chi connectivity index (χ0) is 18.5. The van der Waals surface area contributed by atoms with E-state index in [0.717, 1.165) is 5.56 Å². The first-order valence-electron chi connectivity index (χ1n) is 8.21. The average molecular weight is 350 g/mol. The van der Waals surface area contributed by atoms with Gasteiger partial charge in [-0.05, 0) is 49.7 Å². The summed E-state index contributed by atoms with van der Waals surface area (Å²) in [7, 11) is 0. The Hall–Kier alpha value is -3.28. The lowest BCUT2D eigenvalue weighted by Crippen LogP contribution is -2.24. The van der Waals surface area contributed by atoms with Gasteiger partial charge in [-0.1, -0.05) is 29.8 Å². The average Bonchev–Trinajstić information content (AvgIpc) is 2.62. The number of carbonyl (C=O) groups is 1. The topological polar surface area (TPSA) is 66.9 Å². The van der Waals surface area contributed by atoms with Crippen LogP contribution in [-0.2, 0) is 6.54 Å². The van der Waals surface area contributed by atoms with Crippen LogP contribution in [0.25, 0.3) is 0 Å². The van der Waals surface area contributed by atoms with E-state index < -0.39 is 0 Å². The molecule has 0 unspecified atom stereocenters. The van der Waals surface area contributed by atoms with Gasteiger partial charge in [-0.25, -0.2) is 14.4 Å². The highest BCUT2D eigenvalue weighted by atomic mass is 19.1. The molecule has 0 aliphatic rings. The normalized spacial score (nSPS) is 10.4. The maximum absolute atomic E-state index is 13.0. The van der Waals surface area contributed by atoms with Gasteiger partial charge in [-0.3, -0.25) is 4.79 Å². The molecule has 0 bridgehead atoms. The van der Waals surface area contributed by atoms with Crippen LogP contribution < -0.4 is 10.6 Å². The zero-order valence-electron chi connectivity index (χ0n) is 14.6. The highest BCUT2D eigenvalue weighted by molar-refractivity contribution is 5.92. The van der Waals surface area contributed by atoms with Gasteiger partial charge < -0.3 is 10.6 Å². The summed E-state index contributed by atoms with van der Waals surface area (Å²) in [5, 5.41) is 5.83. The van der Waals surface area contributed by atoms with Crippen molar-refractivity contribution in [2.24, 2.45) is 0 Å². The second-order valence-corrected chi connectivity index (χ2v) is 6.02. The lowest BCUT2D eigenvalue weighted by Gasteiger charge is -2.09. The highest BCUT2D eigenvalue weighted by Gasteiger charge is 2.11. The first-order valence-corrected chi connectivity index (χ1v) is 8.21. The van der Waals surface area contributed by atoms with E-state index in [2.05, 4.69) is 20.6 Å². The number of nitrogens with zero attached hydrogens (tertiary/aromatic N) is 2. The monoisotopic (exact) mass is 350 g/mol. The molecule has 0 atom stereocenters. The minimum Gasteiger partial charge on any atom is -0.347 e. The van der Waals surface area contributed by atoms with Gasteiger partial charge in [0, 0.05) is 17.9 Å². The number of aromatic nitrogens is 2. The summed E-state index contributed by atoms with van der Waals surface area (Å²) in [5.41, 5.74) is 3.75. The molecule has 0 fully saturated rings. The summed E-state index contributed by atoms with van der Waals surface area (Å²) in [4.78, 5) is 20.9. The van der Waals surface area contributed by atoms with Gasteiger partial charge in [0.15, 0.2) is 0 Å². The quantitative estimate of drug-likeness (QED) is 0.732. The molecule has 5 nitrogen and oxygen atoms in total. The van der Waals surface area contributed by atoms with Crippen molar-refractivity contribution in [2.75, 3.05) is 5.32 Å². The van der Waals surface area contributed by atoms with Crippen LogP contribution in [-0.4, -0.2) is 15.9 Å². The molecule has 3 aromatic rings. The van der Waals surface area contributed by atoms with Crippen LogP contribution in [0.5, 0.6) is 0 Å². The van der Waals surface area contributed by atoms with Gasteiger partial charge in [0.2, 0.25) is 5.95 Å². The number of nitrogens with one attached hydrogen (secondary N) is 2. The van der Waals surface area contributed by atoms with Gasteiger partial charge >= 0.3 is 0 Å². The van der Waals surface area contributed by atoms with Crippen molar-refractivity contribution in [3.05, 3.63) is 82.9 Å². The summed E-state index contributed by atoms with van der Waals surface area (Å²) in [6, 6.07) is 15.4. The lowest BCUT2D eigenvalue weighted by molar-refractivity contribution is 0.0945. The van der Waals surface area contributed by atoms with Crippen molar-refractivity contribution >= 4 is 17.5 Å². The van der Waals surface area contributed by atoms with Crippen LogP contribution in [0.4, 0.5) is 16.0 Å². The smallest absolute Gasteiger partial charge is 0.270 e. The number of halogens is 1. The number of hydrogen-bond donors (Lipinski definition) is 2. The summed E-state index contributed by atoms with van der Waals surface area (Å²) in [5.74, 6) is -0.313. The summed E-state index contributed by atoms with van der Waals surface area (Å²) in [6.07, 6.45) is 0. The fourth-order valence-corrected chi connectivity index (χ4v) is 2.38. The van der Waals surface area contributed by atoms with Crippen molar-refractivity contribution in [3.8, 4) is 0 Å². The second-order valence-electron chi connectivity index (χ2n) is 6.02. The van der Waals surface area contributed by atoms with Gasteiger partial charge in [0.25, 0.3) is 5.91 Å². The third-order valence-electron chi connectivity index (χ3n) is 3.76. The Bertz CT molecular complexity index is 908. The molecular formula is C20H19FN4O. The minimum absolute atomic E-state index is 0.272. The first kappa shape index (κ1) is 17.5. The van der Waals surface area contributed by atoms with Crippen molar-refractivity contribution in [1.82, 2.24) is 15.3 Å². The van der Waals surface area contributed by atoms with Gasteiger partial charge in [0.05, 0.1) is 0 Å². The molecule has 0 aliphatic carbocycles. The molecule has 0 aliphatic heterocycles. The molecule has 0 radical (unpaired) electrons. The predicted molar refractivity (Wildman–Crippen MR) is 98.8 cm³/mol. The number of anilines is 2. The van der Waals surface area contributed by atoms with Crippen LogP contribution in [0.3, 0.4) is 0 Å². The van der Waals surface area contributed by atoms with Gasteiger partial charge in [-0.2, -0.15) is 0 Å². The molecule has 0 saturated heterocycles. The molecule has 2 aromatic carbocycles. The third kappa shape index (κ3) is 4.63. The maximum atomic E-state index is 13.0. The Balaban J connectivity index is 1.70. The number of amides is 1. The standard InChI is InChI=1S/C20H19FN4O/c1-13-3-5-15(6-4-13)12-22-19(26)18-11-14(2)23-20(25-18)24-17-9-7-16(21)8-10-17/h3-11H,12H2,1-2H3,(H,22,26)(H,23,24,25). The van der Waals surface area contributed by atoms with E-state index in [4.69, 9.17) is 0 Å². The van der Waals surface area contributed by atoms with E-state index in [9.17, 15) is 9.18 Å². The summed E-state index contributed by atoms with van der Waals surface area (Å²) in [6.45, 7) is 4.22. The summed E-state index contributed by atoms with van der Waals surface area (Å²) < 4.78 is 13.0. The third-order valence-corrected chi connectivity index (χ3v) is 3.76. The Morgan fingerprint density at radius 2 is 1.69 bits per heavy atom. The predicted octanol–water partition coefficient (Wildman–Crippen LogP) is 3.91. The van der Waals surface area contributed by atoms with Gasteiger partial charge in [-0.15, -0.1) is 0 Å². The SMILES string of the molecule is Cc1ccc(CNC(=O)c2cc(C)nc(Nc3ccc(F)cc3)n2)cc1. The van der Waals surface area contributed by atoms with Crippen LogP contribution in [0.2, 0.25) is 0 Å². The van der Waals surface area contributed by atoms with Crippen molar-refractivity contribution in [1.29, 1.82) is 0 Å². The molecule has 1 aromatic heterocycles. The summed E-state index contributed by atoms with van der Waals surface area (Å²) >= 11 is 0. The molecular weight excluding hydrogens is 331 g/mol. The van der Waals surface area contributed by atoms with Crippen LogP contribution in [0, 0.1) is 19.7 Å². The molecule has 6 heteroatoms. The van der Waals surface area contributed by atoms with Crippen molar-refractivity contribution in [3.63, 3.8) is 0 Å². The fourth-order valence-electron chi connectivity index (χ4n) is 2.38. The zero-order valence-corrected chi connectivity index (χ0v) is 14.6. The Morgan fingerprint density at radius 1 is 1.00 bits per heavy atom. The lowest BCUT2D eigenvalue weighted by atomic mass is 10.1.